The molecule has 3 heteroatoms. The molecule has 1 saturated heterocycles. The van der Waals surface area contributed by atoms with Crippen LogP contribution in [0.1, 0.15) is 26.2 Å². The first-order valence-electron chi connectivity index (χ1n) is 4.02. The van der Waals surface area contributed by atoms with Gasteiger partial charge in [-0.2, -0.15) is 0 Å². The van der Waals surface area contributed by atoms with Gasteiger partial charge in [-0.3, -0.25) is 0 Å². The molecule has 0 saturated carbocycles. The van der Waals surface area contributed by atoms with Crippen molar-refractivity contribution in [1.82, 2.24) is 0 Å². The van der Waals surface area contributed by atoms with Crippen molar-refractivity contribution < 1.29 is 14.2 Å². The van der Waals surface area contributed by atoms with Crippen molar-refractivity contribution in [2.45, 2.75) is 38.3 Å². The number of hydrogen-bond acceptors (Lipinski definition) is 3. The van der Waals surface area contributed by atoms with E-state index in [9.17, 15) is 0 Å². The van der Waals surface area contributed by atoms with E-state index in [0.29, 0.717) is 0 Å². The molecule has 1 aliphatic heterocycles. The Balaban J connectivity index is 2.48. The van der Waals surface area contributed by atoms with Crippen molar-refractivity contribution in [2.75, 3.05) is 14.2 Å². The van der Waals surface area contributed by atoms with E-state index in [1.807, 2.05) is 0 Å². The molecule has 2 atom stereocenters. The fourth-order valence-corrected chi connectivity index (χ4v) is 1.42. The SMILES string of the molecule is CCC1(OC)CCC(OC)O1. The summed E-state index contributed by atoms with van der Waals surface area (Å²) in [6.07, 6.45) is 2.66. The molecule has 66 valence electrons. The lowest BCUT2D eigenvalue weighted by Crippen LogP contribution is -2.30. The van der Waals surface area contributed by atoms with Crippen molar-refractivity contribution in [3.8, 4) is 0 Å². The maximum absolute atomic E-state index is 5.55. The normalized spacial score (nSPS) is 37.9. The van der Waals surface area contributed by atoms with Crippen LogP contribution in [0, 0.1) is 0 Å². The number of methoxy groups -OCH3 is 2. The predicted molar refractivity (Wildman–Crippen MR) is 41.1 cm³/mol. The first-order chi connectivity index (χ1) is 5.26. The zero-order chi connectivity index (χ0) is 8.32. The molecule has 0 radical (unpaired) electrons. The molecule has 1 aliphatic rings. The third kappa shape index (κ3) is 1.72. The van der Waals surface area contributed by atoms with Gasteiger partial charge < -0.3 is 14.2 Å². The second kappa shape index (κ2) is 3.52. The standard InChI is InChI=1S/C8H16O3/c1-4-8(10-3)6-5-7(9-2)11-8/h7H,4-6H2,1-3H3. The van der Waals surface area contributed by atoms with Gasteiger partial charge >= 0.3 is 0 Å². The van der Waals surface area contributed by atoms with E-state index in [4.69, 9.17) is 14.2 Å². The summed E-state index contributed by atoms with van der Waals surface area (Å²) in [4.78, 5) is 0. The molecule has 11 heavy (non-hydrogen) atoms. The third-order valence-corrected chi connectivity index (χ3v) is 2.28. The summed E-state index contributed by atoms with van der Waals surface area (Å²) in [5.74, 6) is -0.374. The molecule has 0 bridgehead atoms. The highest BCUT2D eigenvalue weighted by atomic mass is 16.8. The van der Waals surface area contributed by atoms with Crippen LogP contribution in [0.15, 0.2) is 0 Å². The van der Waals surface area contributed by atoms with Crippen LogP contribution in [0.4, 0.5) is 0 Å². The van der Waals surface area contributed by atoms with Crippen molar-refractivity contribution in [2.24, 2.45) is 0 Å². The molecule has 1 heterocycles. The summed E-state index contributed by atoms with van der Waals surface area (Å²) < 4.78 is 15.9. The summed E-state index contributed by atoms with van der Waals surface area (Å²) in [6, 6.07) is 0. The minimum absolute atomic E-state index is 0.0742. The van der Waals surface area contributed by atoms with Gasteiger partial charge in [0, 0.05) is 27.1 Å². The van der Waals surface area contributed by atoms with Gasteiger partial charge in [0.1, 0.15) is 0 Å². The lowest BCUT2D eigenvalue weighted by atomic mass is 10.1. The molecular formula is C8H16O3. The average Bonchev–Trinajstić information content (AvgIpc) is 2.49. The Morgan fingerprint density at radius 2 is 2.27 bits per heavy atom. The first kappa shape index (κ1) is 8.97. The number of rotatable bonds is 3. The van der Waals surface area contributed by atoms with Gasteiger partial charge in [0.25, 0.3) is 0 Å². The topological polar surface area (TPSA) is 27.7 Å². The van der Waals surface area contributed by atoms with Crippen molar-refractivity contribution >= 4 is 0 Å². The second-order valence-electron chi connectivity index (χ2n) is 2.79. The summed E-state index contributed by atoms with van der Waals surface area (Å²) >= 11 is 0. The van der Waals surface area contributed by atoms with E-state index in [-0.39, 0.29) is 12.1 Å². The van der Waals surface area contributed by atoms with Crippen LogP contribution in [0.25, 0.3) is 0 Å². The van der Waals surface area contributed by atoms with Crippen molar-refractivity contribution in [1.29, 1.82) is 0 Å². The van der Waals surface area contributed by atoms with Crippen LogP contribution in [0.3, 0.4) is 0 Å². The molecule has 0 aromatic rings. The summed E-state index contributed by atoms with van der Waals surface area (Å²) in [6.45, 7) is 2.06. The molecule has 0 amide bonds. The van der Waals surface area contributed by atoms with Crippen LogP contribution in [0.5, 0.6) is 0 Å². The predicted octanol–water partition coefficient (Wildman–Crippen LogP) is 1.52. The minimum atomic E-state index is -0.374. The van der Waals surface area contributed by atoms with Crippen LogP contribution in [0.2, 0.25) is 0 Å². The quantitative estimate of drug-likeness (QED) is 0.626. The smallest absolute Gasteiger partial charge is 0.170 e. The summed E-state index contributed by atoms with van der Waals surface area (Å²) in [5, 5.41) is 0. The Labute approximate surface area is 67.6 Å². The van der Waals surface area contributed by atoms with E-state index >= 15 is 0 Å². The molecule has 0 aromatic carbocycles. The monoisotopic (exact) mass is 160 g/mol. The highest BCUT2D eigenvalue weighted by molar-refractivity contribution is 4.75. The lowest BCUT2D eigenvalue weighted by Gasteiger charge is -2.25. The van der Waals surface area contributed by atoms with Gasteiger partial charge in [-0.05, 0) is 6.42 Å². The molecule has 3 nitrogen and oxygen atoms in total. The highest BCUT2D eigenvalue weighted by Gasteiger charge is 2.38. The number of hydrogen-bond donors (Lipinski definition) is 0. The van der Waals surface area contributed by atoms with Crippen LogP contribution in [-0.2, 0) is 14.2 Å². The number of ether oxygens (including phenoxy) is 3. The second-order valence-corrected chi connectivity index (χ2v) is 2.79. The van der Waals surface area contributed by atoms with Crippen LogP contribution < -0.4 is 0 Å². The molecule has 1 fully saturated rings. The van der Waals surface area contributed by atoms with Gasteiger partial charge in [0.2, 0.25) is 0 Å². The van der Waals surface area contributed by atoms with Crippen molar-refractivity contribution in [3.63, 3.8) is 0 Å². The molecule has 0 aliphatic carbocycles. The summed E-state index contributed by atoms with van der Waals surface area (Å²) in [7, 11) is 3.34. The fraction of sp³-hybridized carbons (Fsp3) is 1.00. The average molecular weight is 160 g/mol. The van der Waals surface area contributed by atoms with Gasteiger partial charge in [0.05, 0.1) is 0 Å². The minimum Gasteiger partial charge on any atom is -0.356 e. The lowest BCUT2D eigenvalue weighted by molar-refractivity contribution is -0.256. The Kier molecular flexibility index (Phi) is 2.87. The fourth-order valence-electron chi connectivity index (χ4n) is 1.42. The van der Waals surface area contributed by atoms with Crippen LogP contribution in [-0.4, -0.2) is 26.3 Å². The van der Waals surface area contributed by atoms with Gasteiger partial charge in [-0.25, -0.2) is 0 Å². The molecule has 0 spiro atoms. The largest absolute Gasteiger partial charge is 0.356 e. The van der Waals surface area contributed by atoms with Crippen molar-refractivity contribution in [3.05, 3.63) is 0 Å². The Bertz CT molecular complexity index is 121. The Morgan fingerprint density at radius 1 is 1.55 bits per heavy atom. The highest BCUT2D eigenvalue weighted by Crippen LogP contribution is 2.33. The maximum atomic E-state index is 5.55. The zero-order valence-electron chi connectivity index (χ0n) is 7.42. The van der Waals surface area contributed by atoms with Gasteiger partial charge in [-0.1, -0.05) is 6.92 Å². The van der Waals surface area contributed by atoms with E-state index < -0.39 is 0 Å². The van der Waals surface area contributed by atoms with Gasteiger partial charge in [0.15, 0.2) is 12.1 Å². The maximum Gasteiger partial charge on any atom is 0.170 e. The van der Waals surface area contributed by atoms with E-state index in [1.165, 1.54) is 0 Å². The molecular weight excluding hydrogens is 144 g/mol. The molecule has 1 rings (SSSR count). The Morgan fingerprint density at radius 3 is 2.55 bits per heavy atom. The van der Waals surface area contributed by atoms with E-state index in [2.05, 4.69) is 6.92 Å². The molecule has 2 unspecified atom stereocenters. The molecule has 0 N–H and O–H groups in total. The first-order valence-corrected chi connectivity index (χ1v) is 4.02. The van der Waals surface area contributed by atoms with Crippen LogP contribution >= 0.6 is 0 Å². The molecule has 0 aromatic heterocycles. The third-order valence-electron chi connectivity index (χ3n) is 2.28. The van der Waals surface area contributed by atoms with Gasteiger partial charge in [-0.15, -0.1) is 0 Å². The van der Waals surface area contributed by atoms with E-state index in [1.54, 1.807) is 14.2 Å². The summed E-state index contributed by atoms with van der Waals surface area (Å²) in [5.41, 5.74) is 0. The Hall–Kier alpha value is -0.120. The van der Waals surface area contributed by atoms with E-state index in [0.717, 1.165) is 19.3 Å². The zero-order valence-corrected chi connectivity index (χ0v) is 7.42.